The first-order valence-electron chi connectivity index (χ1n) is 10.5. The number of ether oxygens (including phenoxy) is 1. The van der Waals surface area contributed by atoms with Crippen molar-refractivity contribution in [3.63, 3.8) is 0 Å². The summed E-state index contributed by atoms with van der Waals surface area (Å²) in [5.41, 5.74) is 2.13. The molecular weight excluding hydrogens is 400 g/mol. The lowest BCUT2D eigenvalue weighted by Crippen LogP contribution is -2.49. The van der Waals surface area contributed by atoms with Gasteiger partial charge in [0.05, 0.1) is 25.8 Å². The van der Waals surface area contributed by atoms with Crippen molar-refractivity contribution in [1.82, 2.24) is 9.80 Å². The van der Waals surface area contributed by atoms with Crippen molar-refractivity contribution in [2.45, 2.75) is 13.8 Å². The molecule has 9 heteroatoms. The molecule has 0 aromatic heterocycles. The molecule has 2 N–H and O–H groups in total. The molecule has 168 valence electrons. The van der Waals surface area contributed by atoms with E-state index < -0.39 is 5.97 Å². The molecule has 0 radical (unpaired) electrons. The predicted molar refractivity (Wildman–Crippen MR) is 116 cm³/mol. The van der Waals surface area contributed by atoms with Gasteiger partial charge in [0.15, 0.2) is 0 Å². The molecule has 0 unspecified atom stereocenters. The fraction of sp³-hybridized carbons (Fsp3) is 0.500. The summed E-state index contributed by atoms with van der Waals surface area (Å²) in [7, 11) is 1.27. The van der Waals surface area contributed by atoms with Gasteiger partial charge in [-0.25, -0.2) is 4.79 Å². The first-order valence-corrected chi connectivity index (χ1v) is 10.5. The SMILES string of the molecule is COC(=O)C1=C(Nc2ccc(N3CCN(C(=O)C(C)C)CC3)cc2)C(=O)N(CCO)C1. The van der Waals surface area contributed by atoms with E-state index in [0.717, 1.165) is 18.8 Å². The molecule has 9 nitrogen and oxygen atoms in total. The van der Waals surface area contributed by atoms with Crippen molar-refractivity contribution < 1.29 is 24.2 Å². The van der Waals surface area contributed by atoms with E-state index in [1.807, 2.05) is 43.0 Å². The van der Waals surface area contributed by atoms with Gasteiger partial charge in [-0.2, -0.15) is 0 Å². The van der Waals surface area contributed by atoms with Crippen molar-refractivity contribution in [3.8, 4) is 0 Å². The highest BCUT2D eigenvalue weighted by molar-refractivity contribution is 6.08. The summed E-state index contributed by atoms with van der Waals surface area (Å²) in [6.07, 6.45) is 0. The normalized spacial score (nSPS) is 16.9. The minimum atomic E-state index is -0.568. The Hall–Kier alpha value is -3.07. The van der Waals surface area contributed by atoms with Crippen LogP contribution in [0.5, 0.6) is 0 Å². The highest BCUT2D eigenvalue weighted by atomic mass is 16.5. The fourth-order valence-corrected chi connectivity index (χ4v) is 3.80. The van der Waals surface area contributed by atoms with E-state index in [4.69, 9.17) is 9.84 Å². The van der Waals surface area contributed by atoms with E-state index >= 15 is 0 Å². The Bertz CT molecular complexity index is 857. The molecule has 2 amide bonds. The summed E-state index contributed by atoms with van der Waals surface area (Å²) >= 11 is 0. The van der Waals surface area contributed by atoms with Gasteiger partial charge in [-0.1, -0.05) is 13.8 Å². The molecular formula is C22H30N4O5. The largest absolute Gasteiger partial charge is 0.466 e. The molecule has 0 saturated carbocycles. The van der Waals surface area contributed by atoms with Crippen LogP contribution in [-0.4, -0.2) is 85.7 Å². The Morgan fingerprint density at radius 2 is 1.77 bits per heavy atom. The second-order valence-corrected chi connectivity index (χ2v) is 7.93. The number of hydrogen-bond donors (Lipinski definition) is 2. The number of β-amino-alcohol motifs (C(OH)–C–C–N with tert-alkyl or cyclic N) is 1. The Balaban J connectivity index is 1.67. The van der Waals surface area contributed by atoms with Gasteiger partial charge in [0.25, 0.3) is 5.91 Å². The third-order valence-electron chi connectivity index (χ3n) is 5.54. The average molecular weight is 431 g/mol. The van der Waals surface area contributed by atoms with Crippen molar-refractivity contribution in [3.05, 3.63) is 35.5 Å². The monoisotopic (exact) mass is 430 g/mol. The molecule has 1 aromatic rings. The minimum absolute atomic E-state index is 0.00712. The second-order valence-electron chi connectivity index (χ2n) is 7.93. The number of benzene rings is 1. The van der Waals surface area contributed by atoms with Crippen LogP contribution < -0.4 is 10.2 Å². The van der Waals surface area contributed by atoms with Crippen LogP contribution in [0.4, 0.5) is 11.4 Å². The molecule has 2 heterocycles. The molecule has 1 fully saturated rings. The van der Waals surface area contributed by atoms with Crippen LogP contribution in [0.3, 0.4) is 0 Å². The molecule has 0 bridgehead atoms. The summed E-state index contributed by atoms with van der Waals surface area (Å²) in [5, 5.41) is 12.2. The predicted octanol–water partition coefficient (Wildman–Crippen LogP) is 0.665. The van der Waals surface area contributed by atoms with Gasteiger partial charge < -0.3 is 29.9 Å². The summed E-state index contributed by atoms with van der Waals surface area (Å²) in [4.78, 5) is 42.4. The smallest absolute Gasteiger partial charge is 0.337 e. The third kappa shape index (κ3) is 4.99. The first-order chi connectivity index (χ1) is 14.8. The van der Waals surface area contributed by atoms with Crippen molar-refractivity contribution in [1.29, 1.82) is 0 Å². The van der Waals surface area contributed by atoms with Gasteiger partial charge in [-0.05, 0) is 24.3 Å². The number of anilines is 2. The fourth-order valence-electron chi connectivity index (χ4n) is 3.80. The number of hydrogen-bond acceptors (Lipinski definition) is 7. The number of rotatable bonds is 7. The molecule has 0 spiro atoms. The van der Waals surface area contributed by atoms with Crippen LogP contribution in [0, 0.1) is 5.92 Å². The molecule has 0 aliphatic carbocycles. The molecule has 3 rings (SSSR count). The van der Waals surface area contributed by atoms with E-state index in [1.165, 1.54) is 12.0 Å². The van der Waals surface area contributed by atoms with Crippen LogP contribution in [0.1, 0.15) is 13.8 Å². The molecule has 0 atom stereocenters. The Morgan fingerprint density at radius 1 is 1.13 bits per heavy atom. The number of esters is 1. The molecule has 31 heavy (non-hydrogen) atoms. The topological polar surface area (TPSA) is 102 Å². The van der Waals surface area contributed by atoms with E-state index in [-0.39, 0.29) is 48.7 Å². The second kappa shape index (κ2) is 9.82. The van der Waals surface area contributed by atoms with Crippen LogP contribution in [0.25, 0.3) is 0 Å². The number of nitrogens with one attached hydrogen (secondary N) is 1. The number of amides is 2. The van der Waals surface area contributed by atoms with Gasteiger partial charge >= 0.3 is 5.97 Å². The quantitative estimate of drug-likeness (QED) is 0.613. The molecule has 2 aliphatic rings. The van der Waals surface area contributed by atoms with Crippen LogP contribution in [0.2, 0.25) is 0 Å². The lowest BCUT2D eigenvalue weighted by molar-refractivity contribution is -0.136. The number of piperazine rings is 1. The Morgan fingerprint density at radius 3 is 2.32 bits per heavy atom. The zero-order chi connectivity index (χ0) is 22.5. The van der Waals surface area contributed by atoms with Crippen molar-refractivity contribution in [2.75, 3.05) is 63.2 Å². The summed E-state index contributed by atoms with van der Waals surface area (Å²) in [6.45, 7) is 6.82. The standard InChI is InChI=1S/C22H30N4O5/c1-15(2)20(28)25-10-8-24(9-11-25)17-6-4-16(5-7-17)23-19-18(22(30)31-3)14-26(12-13-27)21(19)29/h4-7,15,23,27H,8-14H2,1-3H3. The number of aliphatic hydroxyl groups is 1. The lowest BCUT2D eigenvalue weighted by Gasteiger charge is -2.37. The van der Waals surface area contributed by atoms with E-state index in [9.17, 15) is 14.4 Å². The van der Waals surface area contributed by atoms with Crippen LogP contribution >= 0.6 is 0 Å². The number of methoxy groups -OCH3 is 1. The van der Waals surface area contributed by atoms with E-state index in [2.05, 4.69) is 10.2 Å². The average Bonchev–Trinajstić information content (AvgIpc) is 3.09. The first kappa shape index (κ1) is 22.6. The summed E-state index contributed by atoms with van der Waals surface area (Å²) < 4.78 is 4.80. The van der Waals surface area contributed by atoms with Gasteiger partial charge in [0.2, 0.25) is 5.91 Å². The zero-order valence-corrected chi connectivity index (χ0v) is 18.3. The number of aliphatic hydroxyl groups excluding tert-OH is 1. The van der Waals surface area contributed by atoms with Gasteiger partial charge in [0, 0.05) is 50.0 Å². The van der Waals surface area contributed by atoms with Gasteiger partial charge in [-0.15, -0.1) is 0 Å². The highest BCUT2D eigenvalue weighted by Crippen LogP contribution is 2.25. The van der Waals surface area contributed by atoms with Gasteiger partial charge in [-0.3, -0.25) is 9.59 Å². The Labute approximate surface area is 182 Å². The van der Waals surface area contributed by atoms with Gasteiger partial charge in [0.1, 0.15) is 5.70 Å². The third-order valence-corrected chi connectivity index (χ3v) is 5.54. The molecule has 2 aliphatic heterocycles. The maximum absolute atomic E-state index is 12.6. The maximum atomic E-state index is 12.6. The number of carbonyl (C=O) groups is 3. The number of nitrogens with zero attached hydrogens (tertiary/aromatic N) is 3. The Kier molecular flexibility index (Phi) is 7.17. The number of carbonyl (C=O) groups excluding carboxylic acids is 3. The summed E-state index contributed by atoms with van der Waals surface area (Å²) in [5.74, 6) is -0.718. The van der Waals surface area contributed by atoms with Crippen molar-refractivity contribution >= 4 is 29.2 Å². The van der Waals surface area contributed by atoms with Crippen molar-refractivity contribution in [2.24, 2.45) is 5.92 Å². The molecule has 1 saturated heterocycles. The molecule has 1 aromatic carbocycles. The maximum Gasteiger partial charge on any atom is 0.337 e. The zero-order valence-electron chi connectivity index (χ0n) is 18.3. The lowest BCUT2D eigenvalue weighted by atomic mass is 10.1. The van der Waals surface area contributed by atoms with E-state index in [0.29, 0.717) is 18.8 Å². The summed E-state index contributed by atoms with van der Waals surface area (Å²) in [6, 6.07) is 7.60. The minimum Gasteiger partial charge on any atom is -0.466 e. The van der Waals surface area contributed by atoms with Crippen LogP contribution in [-0.2, 0) is 19.1 Å². The van der Waals surface area contributed by atoms with Crippen LogP contribution in [0.15, 0.2) is 35.5 Å². The highest BCUT2D eigenvalue weighted by Gasteiger charge is 2.34. The van der Waals surface area contributed by atoms with E-state index in [1.54, 1.807) is 0 Å².